The van der Waals surface area contributed by atoms with E-state index in [2.05, 4.69) is 10.6 Å². The first-order valence-corrected chi connectivity index (χ1v) is 11.0. The summed E-state index contributed by atoms with van der Waals surface area (Å²) in [5, 5.41) is 27.9. The number of nitrogens with one attached hydrogen (secondary N) is 2. The van der Waals surface area contributed by atoms with E-state index in [1.807, 2.05) is 13.8 Å². The van der Waals surface area contributed by atoms with Gasteiger partial charge in [0, 0.05) is 35.4 Å². The topological polar surface area (TPSA) is 144 Å². The van der Waals surface area contributed by atoms with Gasteiger partial charge in [-0.15, -0.1) is 0 Å². The molecule has 0 heterocycles. The lowest BCUT2D eigenvalue weighted by molar-refractivity contribution is -0.385. The zero-order chi connectivity index (χ0) is 26.9. The van der Waals surface area contributed by atoms with Crippen LogP contribution in [-0.2, 0) is 0 Å². The van der Waals surface area contributed by atoms with E-state index in [9.17, 15) is 29.8 Å². The Kier molecular flexibility index (Phi) is 7.19. The van der Waals surface area contributed by atoms with Crippen LogP contribution in [0.3, 0.4) is 0 Å². The number of hydrogen-bond donors (Lipinski definition) is 2. The van der Waals surface area contributed by atoms with Crippen molar-refractivity contribution in [3.63, 3.8) is 0 Å². The van der Waals surface area contributed by atoms with Crippen molar-refractivity contribution in [2.75, 3.05) is 10.6 Å². The van der Waals surface area contributed by atoms with Crippen LogP contribution in [0.1, 0.15) is 54.1 Å². The van der Waals surface area contributed by atoms with Gasteiger partial charge in [0.1, 0.15) is 0 Å². The van der Waals surface area contributed by atoms with Gasteiger partial charge in [-0.3, -0.25) is 29.8 Å². The number of amides is 2. The van der Waals surface area contributed by atoms with E-state index in [1.54, 1.807) is 39.8 Å². The van der Waals surface area contributed by atoms with E-state index in [1.165, 1.54) is 24.3 Å². The van der Waals surface area contributed by atoms with Crippen LogP contribution in [0.4, 0.5) is 22.7 Å². The molecule has 36 heavy (non-hydrogen) atoms. The van der Waals surface area contributed by atoms with E-state index in [0.29, 0.717) is 44.8 Å². The summed E-state index contributed by atoms with van der Waals surface area (Å²) in [4.78, 5) is 47.6. The summed E-state index contributed by atoms with van der Waals surface area (Å²) in [5.74, 6) is -0.942. The zero-order valence-electron chi connectivity index (χ0n) is 20.8. The van der Waals surface area contributed by atoms with E-state index < -0.39 is 21.7 Å². The molecule has 0 aliphatic carbocycles. The average molecular weight is 491 g/mol. The molecule has 3 aromatic rings. The van der Waals surface area contributed by atoms with Gasteiger partial charge in [0.2, 0.25) is 0 Å². The van der Waals surface area contributed by atoms with Crippen molar-refractivity contribution in [1.82, 2.24) is 0 Å². The SMILES string of the molecule is Cc1cc(NC(=O)c2c(C)cc([N+](=O)[O-])cc2C)c(NC(=O)c2c(C)cc([N+](=O)[O-])cc2C)cc1C. The van der Waals surface area contributed by atoms with Gasteiger partial charge < -0.3 is 10.6 Å². The lowest BCUT2D eigenvalue weighted by atomic mass is 10.00. The molecule has 0 aliphatic heterocycles. The molecule has 2 N–H and O–H groups in total. The molecule has 10 nitrogen and oxygen atoms in total. The van der Waals surface area contributed by atoms with Crippen molar-refractivity contribution < 1.29 is 19.4 Å². The van der Waals surface area contributed by atoms with Crippen LogP contribution in [-0.4, -0.2) is 21.7 Å². The second-order valence-electron chi connectivity index (χ2n) is 8.81. The maximum absolute atomic E-state index is 13.2. The number of benzene rings is 3. The third-order valence-corrected chi connectivity index (χ3v) is 6.04. The Hall–Kier alpha value is -4.60. The first-order valence-electron chi connectivity index (χ1n) is 11.0. The maximum atomic E-state index is 13.2. The fourth-order valence-electron chi connectivity index (χ4n) is 4.20. The van der Waals surface area contributed by atoms with E-state index in [-0.39, 0.29) is 11.4 Å². The molecule has 0 saturated heterocycles. The predicted molar refractivity (Wildman–Crippen MR) is 137 cm³/mol. The van der Waals surface area contributed by atoms with Crippen LogP contribution < -0.4 is 10.6 Å². The molecule has 3 rings (SSSR count). The predicted octanol–water partition coefficient (Wildman–Crippen LogP) is 5.86. The zero-order valence-corrected chi connectivity index (χ0v) is 20.8. The highest BCUT2D eigenvalue weighted by Gasteiger charge is 2.21. The summed E-state index contributed by atoms with van der Waals surface area (Å²) in [6.07, 6.45) is 0. The number of anilines is 2. The quantitative estimate of drug-likeness (QED) is 0.327. The fraction of sp³-hybridized carbons (Fsp3) is 0.231. The minimum Gasteiger partial charge on any atom is -0.320 e. The van der Waals surface area contributed by atoms with Crippen LogP contribution in [0.25, 0.3) is 0 Å². The Morgan fingerprint density at radius 3 is 1.08 bits per heavy atom. The molecule has 0 saturated carbocycles. The maximum Gasteiger partial charge on any atom is 0.270 e. The van der Waals surface area contributed by atoms with Gasteiger partial charge in [0.05, 0.1) is 21.2 Å². The number of nitro benzene ring substituents is 2. The van der Waals surface area contributed by atoms with Gasteiger partial charge in [-0.2, -0.15) is 0 Å². The molecule has 0 aliphatic rings. The smallest absolute Gasteiger partial charge is 0.270 e. The van der Waals surface area contributed by atoms with Gasteiger partial charge in [0.15, 0.2) is 0 Å². The number of nitrogens with zero attached hydrogens (tertiary/aromatic N) is 2. The van der Waals surface area contributed by atoms with E-state index in [0.717, 1.165) is 11.1 Å². The Labute approximate surface area is 207 Å². The van der Waals surface area contributed by atoms with Gasteiger partial charge in [-0.05, 0) is 87.1 Å². The Balaban J connectivity index is 1.98. The van der Waals surface area contributed by atoms with Crippen molar-refractivity contribution in [3.05, 3.63) is 101 Å². The van der Waals surface area contributed by atoms with Crippen molar-refractivity contribution in [2.24, 2.45) is 0 Å². The van der Waals surface area contributed by atoms with Gasteiger partial charge in [-0.1, -0.05) is 0 Å². The number of aryl methyl sites for hydroxylation is 6. The Morgan fingerprint density at radius 2 is 0.833 bits per heavy atom. The number of carbonyl (C=O) groups excluding carboxylic acids is 2. The highest BCUT2D eigenvalue weighted by molar-refractivity contribution is 6.12. The lowest BCUT2D eigenvalue weighted by Crippen LogP contribution is -2.20. The van der Waals surface area contributed by atoms with Crippen LogP contribution in [0.2, 0.25) is 0 Å². The Morgan fingerprint density at radius 1 is 0.556 bits per heavy atom. The molecule has 2 amide bonds. The summed E-state index contributed by atoms with van der Waals surface area (Å²) in [6.45, 7) is 10.2. The van der Waals surface area contributed by atoms with Crippen LogP contribution in [0, 0.1) is 61.8 Å². The molecule has 0 aromatic heterocycles. The third kappa shape index (κ3) is 5.22. The fourth-order valence-corrected chi connectivity index (χ4v) is 4.20. The second kappa shape index (κ2) is 9.95. The average Bonchev–Trinajstić information content (AvgIpc) is 2.76. The largest absolute Gasteiger partial charge is 0.320 e. The standard InChI is InChI=1S/C26H26N4O6/c1-13-11-21(27-25(31)23-15(3)7-19(29(33)34)8-16(23)4)22(12-14(13)2)28-26(32)24-17(5)9-20(30(35)36)10-18(24)6/h7-12H,1-6H3,(H,27,31)(H,28,32). The molecular formula is C26H26N4O6. The molecule has 0 fully saturated rings. The molecule has 0 unspecified atom stereocenters. The highest BCUT2D eigenvalue weighted by atomic mass is 16.6. The normalized spacial score (nSPS) is 10.6. The number of hydrogen-bond acceptors (Lipinski definition) is 6. The first kappa shape index (κ1) is 26.0. The number of non-ortho nitro benzene ring substituents is 2. The van der Waals surface area contributed by atoms with Gasteiger partial charge in [-0.25, -0.2) is 0 Å². The number of rotatable bonds is 6. The molecule has 0 bridgehead atoms. The molecule has 10 heteroatoms. The van der Waals surface area contributed by atoms with Crippen LogP contribution >= 0.6 is 0 Å². The molecule has 3 aromatic carbocycles. The monoisotopic (exact) mass is 490 g/mol. The summed E-state index contributed by atoms with van der Waals surface area (Å²) in [6, 6.07) is 8.81. The molecular weight excluding hydrogens is 464 g/mol. The van der Waals surface area contributed by atoms with E-state index in [4.69, 9.17) is 0 Å². The van der Waals surface area contributed by atoms with Crippen molar-refractivity contribution in [3.8, 4) is 0 Å². The van der Waals surface area contributed by atoms with E-state index >= 15 is 0 Å². The van der Waals surface area contributed by atoms with Crippen LogP contribution in [0.5, 0.6) is 0 Å². The lowest BCUT2D eigenvalue weighted by Gasteiger charge is -2.17. The van der Waals surface area contributed by atoms with Gasteiger partial charge >= 0.3 is 0 Å². The van der Waals surface area contributed by atoms with Crippen LogP contribution in [0.15, 0.2) is 36.4 Å². The molecule has 0 spiro atoms. The summed E-state index contributed by atoms with van der Waals surface area (Å²) < 4.78 is 0. The minimum absolute atomic E-state index is 0.102. The molecule has 0 radical (unpaired) electrons. The van der Waals surface area contributed by atoms with Crippen molar-refractivity contribution in [2.45, 2.75) is 41.5 Å². The third-order valence-electron chi connectivity index (χ3n) is 6.04. The molecule has 186 valence electrons. The van der Waals surface area contributed by atoms with Crippen molar-refractivity contribution in [1.29, 1.82) is 0 Å². The second-order valence-corrected chi connectivity index (χ2v) is 8.81. The number of nitro groups is 2. The summed E-state index contributed by atoms with van der Waals surface area (Å²) >= 11 is 0. The first-order chi connectivity index (χ1) is 16.8. The number of carbonyl (C=O) groups is 2. The summed E-state index contributed by atoms with van der Waals surface area (Å²) in [7, 11) is 0. The van der Waals surface area contributed by atoms with Gasteiger partial charge in [0.25, 0.3) is 23.2 Å². The molecule has 0 atom stereocenters. The Bertz CT molecular complexity index is 1290. The minimum atomic E-state index is -0.513. The summed E-state index contributed by atoms with van der Waals surface area (Å²) in [5.41, 5.74) is 4.66. The highest BCUT2D eigenvalue weighted by Crippen LogP contribution is 2.30. The van der Waals surface area contributed by atoms with Crippen molar-refractivity contribution >= 4 is 34.6 Å².